The minimum atomic E-state index is -0.0425. The number of carbonyl (C=O) groups is 1. The van der Waals surface area contributed by atoms with Gasteiger partial charge in [0.15, 0.2) is 11.5 Å². The molecule has 1 aliphatic heterocycles. The number of nitrogens with zero attached hydrogens (tertiary/aromatic N) is 1. The molecule has 1 atom stereocenters. The average Bonchev–Trinajstić information content (AvgIpc) is 2.49. The molecular formula is C15H22N2O3. The zero-order valence-electron chi connectivity index (χ0n) is 12.1. The predicted molar refractivity (Wildman–Crippen MR) is 77.3 cm³/mol. The van der Waals surface area contributed by atoms with Gasteiger partial charge in [-0.2, -0.15) is 0 Å². The van der Waals surface area contributed by atoms with Crippen LogP contribution in [0.1, 0.15) is 30.1 Å². The van der Waals surface area contributed by atoms with Crippen LogP contribution < -0.4 is 10.1 Å². The maximum absolute atomic E-state index is 12.6. The van der Waals surface area contributed by atoms with Gasteiger partial charge >= 0.3 is 0 Å². The number of likely N-dealkylation sites (N-methyl/N-ethyl adjacent to an activating group) is 1. The second-order valence-corrected chi connectivity index (χ2v) is 4.98. The van der Waals surface area contributed by atoms with E-state index in [1.54, 1.807) is 12.1 Å². The fourth-order valence-electron chi connectivity index (χ4n) is 2.66. The van der Waals surface area contributed by atoms with E-state index < -0.39 is 0 Å². The van der Waals surface area contributed by atoms with E-state index in [4.69, 9.17) is 4.74 Å². The van der Waals surface area contributed by atoms with Crippen LogP contribution in [0.15, 0.2) is 18.2 Å². The molecule has 0 radical (unpaired) electrons. The quantitative estimate of drug-likeness (QED) is 0.878. The molecule has 1 heterocycles. The molecule has 0 aliphatic carbocycles. The summed E-state index contributed by atoms with van der Waals surface area (Å²) in [5, 5.41) is 13.1. The molecule has 5 heteroatoms. The largest absolute Gasteiger partial charge is 0.504 e. The Morgan fingerprint density at radius 3 is 2.90 bits per heavy atom. The maximum Gasteiger partial charge on any atom is 0.254 e. The Morgan fingerprint density at radius 2 is 2.35 bits per heavy atom. The Hall–Kier alpha value is -1.75. The first-order valence-corrected chi connectivity index (χ1v) is 7.06. The van der Waals surface area contributed by atoms with Crippen LogP contribution in [0.4, 0.5) is 0 Å². The lowest BCUT2D eigenvalue weighted by Crippen LogP contribution is -2.48. The normalized spacial score (nSPS) is 18.6. The zero-order valence-corrected chi connectivity index (χ0v) is 12.1. The molecule has 2 rings (SSSR count). The number of methoxy groups -OCH3 is 1. The monoisotopic (exact) mass is 278 g/mol. The van der Waals surface area contributed by atoms with Gasteiger partial charge in [0.2, 0.25) is 0 Å². The number of hydrogen-bond donors (Lipinski definition) is 2. The van der Waals surface area contributed by atoms with Gasteiger partial charge in [-0.1, -0.05) is 0 Å². The third-order valence-corrected chi connectivity index (χ3v) is 3.74. The SMILES string of the molecule is CCN(C(=O)c1ccc(OC)c(O)c1)C1CCCNC1. The van der Waals surface area contributed by atoms with Crippen LogP contribution in [0.5, 0.6) is 11.5 Å². The highest BCUT2D eigenvalue weighted by molar-refractivity contribution is 5.95. The maximum atomic E-state index is 12.6. The van der Waals surface area contributed by atoms with Crippen molar-refractivity contribution in [3.63, 3.8) is 0 Å². The lowest BCUT2D eigenvalue weighted by atomic mass is 10.0. The number of nitrogens with one attached hydrogen (secondary N) is 1. The molecule has 1 aromatic rings. The van der Waals surface area contributed by atoms with E-state index in [2.05, 4.69) is 5.32 Å². The molecule has 0 saturated carbocycles. The van der Waals surface area contributed by atoms with Crippen molar-refractivity contribution in [2.24, 2.45) is 0 Å². The Bertz CT molecular complexity index is 470. The number of ether oxygens (including phenoxy) is 1. The molecule has 0 aromatic heterocycles. The van der Waals surface area contributed by atoms with Crippen molar-refractivity contribution in [3.8, 4) is 11.5 Å². The molecule has 0 spiro atoms. The van der Waals surface area contributed by atoms with Crippen LogP contribution in [0.3, 0.4) is 0 Å². The van der Waals surface area contributed by atoms with E-state index in [0.29, 0.717) is 17.9 Å². The van der Waals surface area contributed by atoms with Gasteiger partial charge in [0, 0.05) is 24.7 Å². The van der Waals surface area contributed by atoms with Crippen LogP contribution in [-0.2, 0) is 0 Å². The van der Waals surface area contributed by atoms with Gasteiger partial charge < -0.3 is 20.1 Å². The molecule has 1 aliphatic rings. The number of carbonyl (C=O) groups excluding carboxylic acids is 1. The molecule has 1 unspecified atom stereocenters. The smallest absolute Gasteiger partial charge is 0.254 e. The summed E-state index contributed by atoms with van der Waals surface area (Å²) in [6.07, 6.45) is 2.11. The van der Waals surface area contributed by atoms with Crippen LogP contribution in [0.25, 0.3) is 0 Å². The van der Waals surface area contributed by atoms with Crippen LogP contribution in [0.2, 0.25) is 0 Å². The predicted octanol–water partition coefficient (Wildman–Crippen LogP) is 1.61. The van der Waals surface area contributed by atoms with E-state index in [9.17, 15) is 9.90 Å². The Balaban J connectivity index is 2.17. The van der Waals surface area contributed by atoms with Crippen LogP contribution in [0, 0.1) is 0 Å². The summed E-state index contributed by atoms with van der Waals surface area (Å²) in [5.74, 6) is 0.333. The highest BCUT2D eigenvalue weighted by Gasteiger charge is 2.25. The number of piperidine rings is 1. The molecule has 110 valence electrons. The highest BCUT2D eigenvalue weighted by atomic mass is 16.5. The van der Waals surface area contributed by atoms with Crippen molar-refractivity contribution in [3.05, 3.63) is 23.8 Å². The molecule has 1 amide bonds. The number of phenols is 1. The second-order valence-electron chi connectivity index (χ2n) is 4.98. The lowest BCUT2D eigenvalue weighted by Gasteiger charge is -2.34. The van der Waals surface area contributed by atoms with Gasteiger partial charge in [0.1, 0.15) is 0 Å². The molecule has 0 bridgehead atoms. The summed E-state index contributed by atoms with van der Waals surface area (Å²) < 4.78 is 5.00. The van der Waals surface area contributed by atoms with Crippen molar-refractivity contribution in [1.29, 1.82) is 0 Å². The van der Waals surface area contributed by atoms with Gasteiger partial charge in [-0.25, -0.2) is 0 Å². The molecule has 5 nitrogen and oxygen atoms in total. The molecule has 1 fully saturated rings. The van der Waals surface area contributed by atoms with E-state index in [-0.39, 0.29) is 17.7 Å². The van der Waals surface area contributed by atoms with E-state index in [0.717, 1.165) is 25.9 Å². The number of amides is 1. The Morgan fingerprint density at radius 1 is 1.55 bits per heavy atom. The topological polar surface area (TPSA) is 61.8 Å². The van der Waals surface area contributed by atoms with Crippen molar-refractivity contribution >= 4 is 5.91 Å². The van der Waals surface area contributed by atoms with Gasteiger partial charge in [0.05, 0.1) is 7.11 Å². The number of aromatic hydroxyl groups is 1. The highest BCUT2D eigenvalue weighted by Crippen LogP contribution is 2.27. The fraction of sp³-hybridized carbons (Fsp3) is 0.533. The molecule has 20 heavy (non-hydrogen) atoms. The number of rotatable bonds is 4. The van der Waals surface area contributed by atoms with Crippen molar-refractivity contribution < 1.29 is 14.6 Å². The summed E-state index contributed by atoms with van der Waals surface area (Å²) in [6.45, 7) is 4.50. The average molecular weight is 278 g/mol. The van der Waals surface area contributed by atoms with Gasteiger partial charge in [-0.3, -0.25) is 4.79 Å². The fourth-order valence-corrected chi connectivity index (χ4v) is 2.66. The number of hydrogen-bond acceptors (Lipinski definition) is 4. The van der Waals surface area contributed by atoms with Crippen LogP contribution in [-0.4, -0.2) is 48.7 Å². The summed E-state index contributed by atoms with van der Waals surface area (Å²) in [5.41, 5.74) is 0.496. The van der Waals surface area contributed by atoms with Crippen molar-refractivity contribution in [1.82, 2.24) is 10.2 Å². The minimum absolute atomic E-state index is 0.00354. The number of phenolic OH excluding ortho intramolecular Hbond substituents is 1. The second kappa shape index (κ2) is 6.61. The van der Waals surface area contributed by atoms with Crippen LogP contribution >= 0.6 is 0 Å². The number of benzene rings is 1. The third-order valence-electron chi connectivity index (χ3n) is 3.74. The lowest BCUT2D eigenvalue weighted by molar-refractivity contribution is 0.0661. The minimum Gasteiger partial charge on any atom is -0.504 e. The summed E-state index contributed by atoms with van der Waals surface area (Å²) in [6, 6.07) is 5.01. The van der Waals surface area contributed by atoms with E-state index in [1.165, 1.54) is 13.2 Å². The molecule has 2 N–H and O–H groups in total. The molecule has 1 saturated heterocycles. The first kappa shape index (κ1) is 14.7. The first-order chi connectivity index (χ1) is 9.67. The van der Waals surface area contributed by atoms with Gasteiger partial charge in [-0.05, 0) is 44.5 Å². The van der Waals surface area contributed by atoms with Crippen molar-refractivity contribution in [2.75, 3.05) is 26.7 Å². The summed E-state index contributed by atoms with van der Waals surface area (Å²) in [4.78, 5) is 14.4. The van der Waals surface area contributed by atoms with E-state index >= 15 is 0 Å². The standard InChI is InChI=1S/C15H22N2O3/c1-3-17(12-5-4-8-16-10-12)15(19)11-6-7-14(20-2)13(18)9-11/h6-7,9,12,16,18H,3-5,8,10H2,1-2H3. The Kier molecular flexibility index (Phi) is 4.84. The first-order valence-electron chi connectivity index (χ1n) is 7.06. The molecular weight excluding hydrogens is 256 g/mol. The zero-order chi connectivity index (χ0) is 14.5. The summed E-state index contributed by atoms with van der Waals surface area (Å²) in [7, 11) is 1.49. The molecule has 1 aromatic carbocycles. The van der Waals surface area contributed by atoms with Gasteiger partial charge in [-0.15, -0.1) is 0 Å². The van der Waals surface area contributed by atoms with Gasteiger partial charge in [0.25, 0.3) is 5.91 Å². The third kappa shape index (κ3) is 3.04. The van der Waals surface area contributed by atoms with E-state index in [1.807, 2.05) is 11.8 Å². The Labute approximate surface area is 119 Å². The van der Waals surface area contributed by atoms with Crippen molar-refractivity contribution in [2.45, 2.75) is 25.8 Å². The summed E-state index contributed by atoms with van der Waals surface area (Å²) >= 11 is 0.